The van der Waals surface area contributed by atoms with Gasteiger partial charge in [-0.3, -0.25) is 4.90 Å². The molecule has 0 radical (unpaired) electrons. The summed E-state index contributed by atoms with van der Waals surface area (Å²) in [5.41, 5.74) is 4.21. The minimum Gasteiger partial charge on any atom is -0.357 e. The number of fused-ring (bicyclic) bond motifs is 3. The molecule has 1 atom stereocenters. The van der Waals surface area contributed by atoms with E-state index in [0.29, 0.717) is 6.04 Å². The third-order valence-corrected chi connectivity index (χ3v) is 3.56. The molecule has 3 rings (SSSR count). The number of aromatic nitrogens is 1. The molecule has 0 amide bonds. The zero-order valence-corrected chi connectivity index (χ0v) is 11.2. The van der Waals surface area contributed by atoms with Crippen LogP contribution in [0.4, 0.5) is 0 Å². The predicted molar refractivity (Wildman–Crippen MR) is 74.3 cm³/mol. The van der Waals surface area contributed by atoms with Gasteiger partial charge in [0.05, 0.1) is 0 Å². The molecule has 1 aliphatic heterocycles. The first-order chi connectivity index (χ1) is 8.25. The summed E-state index contributed by atoms with van der Waals surface area (Å²) in [6, 6.07) is 9.26. The van der Waals surface area contributed by atoms with Crippen molar-refractivity contribution in [2.45, 2.75) is 39.8 Å². The summed E-state index contributed by atoms with van der Waals surface area (Å²) in [4.78, 5) is 5.93. The monoisotopic (exact) mass is 230 g/mol. The largest absolute Gasteiger partial charge is 0.357 e. The van der Waals surface area contributed by atoms with Gasteiger partial charge in [-0.2, -0.15) is 0 Å². The second-order valence-electron chi connectivity index (χ2n) is 4.60. The molecular formula is C15H22N2. The van der Waals surface area contributed by atoms with Gasteiger partial charge in [0.2, 0.25) is 0 Å². The van der Waals surface area contributed by atoms with Gasteiger partial charge in [0.15, 0.2) is 0 Å². The summed E-state index contributed by atoms with van der Waals surface area (Å²) in [7, 11) is 2.19. The van der Waals surface area contributed by atoms with Crippen molar-refractivity contribution in [1.29, 1.82) is 0 Å². The van der Waals surface area contributed by atoms with Crippen molar-refractivity contribution in [2.75, 3.05) is 7.05 Å². The first kappa shape index (κ1) is 12.2. The lowest BCUT2D eigenvalue weighted by Crippen LogP contribution is -2.34. The van der Waals surface area contributed by atoms with Crippen LogP contribution in [-0.2, 0) is 13.0 Å². The maximum absolute atomic E-state index is 3.53. The lowest BCUT2D eigenvalue weighted by molar-refractivity contribution is 0.229. The van der Waals surface area contributed by atoms with Gasteiger partial charge in [0, 0.05) is 29.2 Å². The number of H-pyrrole nitrogens is 1. The van der Waals surface area contributed by atoms with E-state index in [2.05, 4.69) is 48.1 Å². The average molecular weight is 230 g/mol. The molecule has 92 valence electrons. The Morgan fingerprint density at radius 2 is 1.94 bits per heavy atom. The molecule has 2 nitrogen and oxygen atoms in total. The van der Waals surface area contributed by atoms with Gasteiger partial charge in [-0.05, 0) is 32.0 Å². The van der Waals surface area contributed by atoms with E-state index in [4.69, 9.17) is 0 Å². The molecule has 0 aliphatic carbocycles. The highest BCUT2D eigenvalue weighted by Gasteiger charge is 2.22. The Hall–Kier alpha value is -1.28. The van der Waals surface area contributed by atoms with Crippen LogP contribution >= 0.6 is 0 Å². The van der Waals surface area contributed by atoms with Gasteiger partial charge in [-0.15, -0.1) is 0 Å². The Morgan fingerprint density at radius 1 is 1.24 bits per heavy atom. The lowest BCUT2D eigenvalue weighted by atomic mass is 9.98. The fourth-order valence-corrected chi connectivity index (χ4v) is 2.48. The van der Waals surface area contributed by atoms with Crippen molar-refractivity contribution in [3.8, 4) is 0 Å². The van der Waals surface area contributed by atoms with Crippen LogP contribution in [0.3, 0.4) is 0 Å². The number of hydrogen-bond acceptors (Lipinski definition) is 1. The molecule has 1 N–H and O–H groups in total. The third kappa shape index (κ3) is 2.09. The van der Waals surface area contributed by atoms with Gasteiger partial charge in [0.1, 0.15) is 0 Å². The van der Waals surface area contributed by atoms with Crippen LogP contribution in [0.1, 0.15) is 32.0 Å². The van der Waals surface area contributed by atoms with Gasteiger partial charge in [0.25, 0.3) is 0 Å². The Bertz CT molecular complexity index is 499. The molecule has 1 aromatic carbocycles. The van der Waals surface area contributed by atoms with Crippen LogP contribution < -0.4 is 0 Å². The lowest BCUT2D eigenvalue weighted by Gasteiger charge is -2.29. The summed E-state index contributed by atoms with van der Waals surface area (Å²) in [6.45, 7) is 7.34. The van der Waals surface area contributed by atoms with Crippen molar-refractivity contribution in [1.82, 2.24) is 9.88 Å². The zero-order chi connectivity index (χ0) is 12.4. The summed E-state index contributed by atoms with van der Waals surface area (Å²) in [5.74, 6) is 0. The number of likely N-dealkylation sites (N-methyl/N-ethyl adjacent to an activating group) is 1. The van der Waals surface area contributed by atoms with Crippen molar-refractivity contribution in [2.24, 2.45) is 0 Å². The van der Waals surface area contributed by atoms with Gasteiger partial charge < -0.3 is 4.98 Å². The fourth-order valence-electron chi connectivity index (χ4n) is 2.48. The molecule has 0 unspecified atom stereocenters. The number of hydrogen-bond donors (Lipinski definition) is 1. The molecule has 0 fully saturated rings. The molecule has 0 bridgehead atoms. The number of nitrogens with one attached hydrogen (secondary N) is 1. The fraction of sp³-hybridized carbons (Fsp3) is 0.467. The Balaban J connectivity index is 0.000000514. The van der Waals surface area contributed by atoms with E-state index in [-0.39, 0.29) is 0 Å². The number of para-hydroxylation sites is 1. The Labute approximate surface area is 104 Å². The molecule has 2 heterocycles. The molecule has 17 heavy (non-hydrogen) atoms. The van der Waals surface area contributed by atoms with Crippen LogP contribution in [0, 0.1) is 0 Å². The van der Waals surface area contributed by atoms with Gasteiger partial charge >= 0.3 is 0 Å². The van der Waals surface area contributed by atoms with Crippen LogP contribution in [-0.4, -0.2) is 23.0 Å². The summed E-state index contributed by atoms with van der Waals surface area (Å²) >= 11 is 0. The summed E-state index contributed by atoms with van der Waals surface area (Å²) < 4.78 is 0. The van der Waals surface area contributed by atoms with E-state index in [1.807, 2.05) is 13.8 Å². The first-order valence-corrected chi connectivity index (χ1v) is 6.54. The second-order valence-corrected chi connectivity index (χ2v) is 4.60. The molecule has 2 aromatic rings. The van der Waals surface area contributed by atoms with E-state index in [1.165, 1.54) is 22.2 Å². The van der Waals surface area contributed by atoms with E-state index < -0.39 is 0 Å². The minimum atomic E-state index is 0.650. The van der Waals surface area contributed by atoms with Crippen molar-refractivity contribution in [3.05, 3.63) is 35.5 Å². The van der Waals surface area contributed by atoms with Crippen LogP contribution in [0.5, 0.6) is 0 Å². The Morgan fingerprint density at radius 3 is 2.71 bits per heavy atom. The highest BCUT2D eigenvalue weighted by atomic mass is 15.1. The SMILES string of the molecule is CC.C[C@@H]1Cc2c([nH]c3ccccc23)CN1C. The van der Waals surface area contributed by atoms with E-state index >= 15 is 0 Å². The maximum atomic E-state index is 3.53. The topological polar surface area (TPSA) is 19.0 Å². The number of nitrogens with zero attached hydrogens (tertiary/aromatic N) is 1. The average Bonchev–Trinajstić information content (AvgIpc) is 2.70. The zero-order valence-electron chi connectivity index (χ0n) is 11.2. The standard InChI is InChI=1S/C13H16N2.C2H6/c1-9-7-11-10-5-3-4-6-12(10)14-13(11)8-15(9)2;1-2/h3-6,9,14H,7-8H2,1-2H3;1-2H3/t9-;/m1./s1. The van der Waals surface area contributed by atoms with Crippen LogP contribution in [0.2, 0.25) is 0 Å². The first-order valence-electron chi connectivity index (χ1n) is 6.54. The number of aromatic amines is 1. The normalized spacial score (nSPS) is 19.6. The maximum Gasteiger partial charge on any atom is 0.0459 e. The smallest absolute Gasteiger partial charge is 0.0459 e. The molecule has 0 saturated carbocycles. The third-order valence-electron chi connectivity index (χ3n) is 3.56. The quantitative estimate of drug-likeness (QED) is 0.733. The van der Waals surface area contributed by atoms with E-state index in [9.17, 15) is 0 Å². The molecule has 1 aliphatic rings. The van der Waals surface area contributed by atoms with E-state index in [0.717, 1.165) is 13.0 Å². The molecule has 2 heteroatoms. The van der Waals surface area contributed by atoms with Crippen molar-refractivity contribution >= 4 is 10.9 Å². The molecule has 1 aromatic heterocycles. The second kappa shape index (κ2) is 4.92. The Kier molecular flexibility index (Phi) is 3.53. The molecule has 0 spiro atoms. The van der Waals surface area contributed by atoms with Crippen LogP contribution in [0.15, 0.2) is 24.3 Å². The summed E-state index contributed by atoms with van der Waals surface area (Å²) in [6.07, 6.45) is 1.16. The van der Waals surface area contributed by atoms with Crippen LogP contribution in [0.25, 0.3) is 10.9 Å². The number of rotatable bonds is 0. The highest BCUT2D eigenvalue weighted by Crippen LogP contribution is 2.28. The molecule has 0 saturated heterocycles. The highest BCUT2D eigenvalue weighted by molar-refractivity contribution is 5.84. The van der Waals surface area contributed by atoms with Gasteiger partial charge in [-0.25, -0.2) is 0 Å². The van der Waals surface area contributed by atoms with Crippen molar-refractivity contribution < 1.29 is 0 Å². The molecular weight excluding hydrogens is 208 g/mol. The minimum absolute atomic E-state index is 0.650. The van der Waals surface area contributed by atoms with E-state index in [1.54, 1.807) is 0 Å². The summed E-state index contributed by atoms with van der Waals surface area (Å²) in [5, 5.41) is 1.41. The van der Waals surface area contributed by atoms with Crippen molar-refractivity contribution in [3.63, 3.8) is 0 Å². The number of benzene rings is 1. The van der Waals surface area contributed by atoms with Gasteiger partial charge in [-0.1, -0.05) is 32.0 Å². The predicted octanol–water partition coefficient (Wildman–Crippen LogP) is 3.57.